The number of nitrogens with zero attached hydrogens (tertiary/aromatic N) is 4. The third kappa shape index (κ3) is 5.75. The van der Waals surface area contributed by atoms with E-state index in [9.17, 15) is 0 Å². The first-order valence-corrected chi connectivity index (χ1v) is 15.0. The second kappa shape index (κ2) is 12.0. The van der Waals surface area contributed by atoms with Gasteiger partial charge in [0.1, 0.15) is 0 Å². The van der Waals surface area contributed by atoms with Crippen molar-refractivity contribution in [2.45, 2.75) is 13.3 Å². The molecule has 0 radical (unpaired) electrons. The van der Waals surface area contributed by atoms with Crippen molar-refractivity contribution in [1.82, 2.24) is 15.0 Å². The summed E-state index contributed by atoms with van der Waals surface area (Å²) in [5.41, 5.74) is 8.91. The van der Waals surface area contributed by atoms with E-state index in [4.69, 9.17) is 15.0 Å². The van der Waals surface area contributed by atoms with Crippen LogP contribution in [0.3, 0.4) is 0 Å². The minimum atomic E-state index is 0.550. The Kier molecular flexibility index (Phi) is 7.47. The highest BCUT2D eigenvalue weighted by Crippen LogP contribution is 2.31. The third-order valence-electron chi connectivity index (χ3n) is 8.08. The minimum absolute atomic E-state index is 0.550. The van der Waals surface area contributed by atoms with Crippen molar-refractivity contribution >= 4 is 29.1 Å². The van der Waals surface area contributed by atoms with Crippen LogP contribution in [0.1, 0.15) is 23.6 Å². The van der Waals surface area contributed by atoms with Crippen molar-refractivity contribution in [3.05, 3.63) is 138 Å². The van der Waals surface area contributed by atoms with Gasteiger partial charge in [-0.3, -0.25) is 4.99 Å². The molecule has 0 spiro atoms. The van der Waals surface area contributed by atoms with Crippen molar-refractivity contribution < 1.29 is 0 Å². The Balaban J connectivity index is 1.30. The summed E-state index contributed by atoms with van der Waals surface area (Å²) >= 11 is 0. The average Bonchev–Trinajstić information content (AvgIpc) is 3.08. The van der Waals surface area contributed by atoms with E-state index in [0.717, 1.165) is 45.2 Å². The van der Waals surface area contributed by atoms with Gasteiger partial charge in [0, 0.05) is 30.0 Å². The summed E-state index contributed by atoms with van der Waals surface area (Å²) in [5.74, 6) is 2.54. The van der Waals surface area contributed by atoms with E-state index in [0.29, 0.717) is 23.4 Å². The molecule has 1 aliphatic carbocycles. The molecule has 0 bridgehead atoms. The van der Waals surface area contributed by atoms with Gasteiger partial charge in [0.15, 0.2) is 17.5 Å². The van der Waals surface area contributed by atoms with Gasteiger partial charge in [0.25, 0.3) is 0 Å². The maximum absolute atomic E-state index is 5.02. The summed E-state index contributed by atoms with van der Waals surface area (Å²) in [5, 5.41) is 2.35. The lowest BCUT2D eigenvalue weighted by Gasteiger charge is -2.16. The van der Waals surface area contributed by atoms with Crippen molar-refractivity contribution in [2.24, 2.45) is 10.9 Å². The molecule has 4 heteroatoms. The molecule has 1 atom stereocenters. The Labute approximate surface area is 258 Å². The van der Waals surface area contributed by atoms with E-state index >= 15 is 0 Å². The number of fused-ring (bicyclic) bond motifs is 2. The molecule has 1 aromatic heterocycles. The van der Waals surface area contributed by atoms with Crippen LogP contribution in [0, 0.1) is 5.92 Å². The summed E-state index contributed by atoms with van der Waals surface area (Å²) in [7, 11) is 1.77. The number of benzene rings is 5. The maximum Gasteiger partial charge on any atom is 0.164 e. The van der Waals surface area contributed by atoms with Gasteiger partial charge in [-0.2, -0.15) is 0 Å². The minimum Gasteiger partial charge on any atom is -0.297 e. The first-order chi connectivity index (χ1) is 21.6. The van der Waals surface area contributed by atoms with Gasteiger partial charge in [-0.25, -0.2) is 15.0 Å². The quantitative estimate of drug-likeness (QED) is 0.188. The highest BCUT2D eigenvalue weighted by atomic mass is 15.0. The molecule has 44 heavy (non-hydrogen) atoms. The second-order valence-corrected chi connectivity index (χ2v) is 11.3. The standard InChI is InChI=1S/C40H32N4/c1-27-12-13-35-26-37(21-19-34(35)23-27)40-43-38(42-39(44-40)36-20-16-29-9-3-4-10-33(29)25-36)31-17-14-30(15-18-31)32-11-5-7-28(24-32)8-6-22-41-2/h3-22,24-27H,23H2,1-2H3/b8-6-,41-22?. The van der Waals surface area contributed by atoms with Crippen molar-refractivity contribution in [3.63, 3.8) is 0 Å². The third-order valence-corrected chi connectivity index (χ3v) is 8.08. The van der Waals surface area contributed by atoms with Crippen LogP contribution in [0.15, 0.2) is 126 Å². The van der Waals surface area contributed by atoms with Crippen LogP contribution >= 0.6 is 0 Å². The van der Waals surface area contributed by atoms with Gasteiger partial charge >= 0.3 is 0 Å². The number of rotatable bonds is 6. The molecule has 0 N–H and O–H groups in total. The number of hydrogen-bond donors (Lipinski definition) is 0. The number of hydrogen-bond acceptors (Lipinski definition) is 4. The summed E-state index contributed by atoms with van der Waals surface area (Å²) < 4.78 is 0. The van der Waals surface area contributed by atoms with Gasteiger partial charge in [-0.15, -0.1) is 0 Å². The van der Waals surface area contributed by atoms with Crippen molar-refractivity contribution in [1.29, 1.82) is 0 Å². The maximum atomic E-state index is 5.02. The smallest absolute Gasteiger partial charge is 0.164 e. The number of aliphatic imine (C=N–C) groups is 1. The lowest BCUT2D eigenvalue weighted by Crippen LogP contribution is -2.04. The van der Waals surface area contributed by atoms with E-state index in [1.54, 1.807) is 13.3 Å². The summed E-state index contributed by atoms with van der Waals surface area (Å²) in [4.78, 5) is 19.1. The average molecular weight is 569 g/mol. The molecule has 212 valence electrons. The fourth-order valence-electron chi connectivity index (χ4n) is 5.72. The SMILES string of the molecule is CN=C/C=C\c1cccc(-c2ccc(-c3nc(-c4ccc5c(c4)C=CC(C)C5)nc(-c4ccc5ccccc5c4)n3)cc2)c1. The topological polar surface area (TPSA) is 51.0 Å². The molecule has 0 aliphatic heterocycles. The van der Waals surface area contributed by atoms with Crippen LogP contribution < -0.4 is 0 Å². The Bertz CT molecular complexity index is 2070. The molecule has 1 aliphatic rings. The van der Waals surface area contributed by atoms with E-state index in [2.05, 4.69) is 139 Å². The summed E-state index contributed by atoms with van der Waals surface area (Å²) in [6.45, 7) is 2.25. The monoisotopic (exact) mass is 568 g/mol. The zero-order chi connectivity index (χ0) is 29.9. The predicted octanol–water partition coefficient (Wildman–Crippen LogP) is 9.61. The first-order valence-electron chi connectivity index (χ1n) is 15.0. The molecule has 4 nitrogen and oxygen atoms in total. The van der Waals surface area contributed by atoms with Gasteiger partial charge in [-0.1, -0.05) is 116 Å². The van der Waals surface area contributed by atoms with E-state index in [1.165, 1.54) is 16.5 Å². The normalized spacial score (nSPS) is 14.5. The summed E-state index contributed by atoms with van der Waals surface area (Å²) in [6, 6.07) is 38.3. The van der Waals surface area contributed by atoms with Crippen LogP contribution in [-0.4, -0.2) is 28.2 Å². The van der Waals surface area contributed by atoms with Crippen LogP contribution in [-0.2, 0) is 6.42 Å². The molecule has 0 fully saturated rings. The fourth-order valence-corrected chi connectivity index (χ4v) is 5.72. The van der Waals surface area contributed by atoms with Crippen LogP contribution in [0.2, 0.25) is 0 Å². The first kappa shape index (κ1) is 27.4. The number of allylic oxidation sites excluding steroid dienone is 2. The lowest BCUT2D eigenvalue weighted by molar-refractivity contribution is 0.717. The lowest BCUT2D eigenvalue weighted by atomic mass is 9.89. The Morgan fingerprint density at radius 3 is 2.11 bits per heavy atom. The number of aromatic nitrogens is 3. The molecule has 1 heterocycles. The molecule has 1 unspecified atom stereocenters. The molecule has 0 saturated carbocycles. The van der Waals surface area contributed by atoms with Gasteiger partial charge in [0.05, 0.1) is 0 Å². The molecular weight excluding hydrogens is 536 g/mol. The Morgan fingerprint density at radius 2 is 1.32 bits per heavy atom. The second-order valence-electron chi connectivity index (χ2n) is 11.3. The van der Waals surface area contributed by atoms with Crippen LogP contribution in [0.5, 0.6) is 0 Å². The van der Waals surface area contributed by atoms with E-state index < -0.39 is 0 Å². The largest absolute Gasteiger partial charge is 0.297 e. The van der Waals surface area contributed by atoms with Gasteiger partial charge in [-0.05, 0) is 75.2 Å². The molecule has 7 rings (SSSR count). The summed E-state index contributed by atoms with van der Waals surface area (Å²) in [6.07, 6.45) is 11.3. The zero-order valence-electron chi connectivity index (χ0n) is 24.9. The molecule has 0 saturated heterocycles. The molecular formula is C40H32N4. The molecule has 5 aromatic carbocycles. The highest BCUT2D eigenvalue weighted by molar-refractivity contribution is 5.87. The van der Waals surface area contributed by atoms with E-state index in [1.807, 2.05) is 6.08 Å². The molecule has 6 aromatic rings. The zero-order valence-corrected chi connectivity index (χ0v) is 24.9. The van der Waals surface area contributed by atoms with Crippen molar-refractivity contribution in [2.75, 3.05) is 7.05 Å². The van der Waals surface area contributed by atoms with E-state index in [-0.39, 0.29) is 0 Å². The molecule has 0 amide bonds. The van der Waals surface area contributed by atoms with Crippen LogP contribution in [0.4, 0.5) is 0 Å². The Morgan fingerprint density at radius 1 is 0.636 bits per heavy atom. The van der Waals surface area contributed by atoms with Gasteiger partial charge < -0.3 is 0 Å². The fraction of sp³-hybridized carbons (Fsp3) is 0.100. The highest BCUT2D eigenvalue weighted by Gasteiger charge is 2.16. The van der Waals surface area contributed by atoms with Crippen molar-refractivity contribution in [3.8, 4) is 45.3 Å². The predicted molar refractivity (Wildman–Crippen MR) is 184 cm³/mol. The Hall–Kier alpha value is -5.48. The van der Waals surface area contributed by atoms with Gasteiger partial charge in [0.2, 0.25) is 0 Å². The van der Waals surface area contributed by atoms with Crippen LogP contribution in [0.25, 0.3) is 68.2 Å².